The van der Waals surface area contributed by atoms with E-state index < -0.39 is 0 Å². The number of carbonyl (C=O) groups excluding carboxylic acids is 1. The molecule has 1 rings (SSSR count). The van der Waals surface area contributed by atoms with Gasteiger partial charge < -0.3 is 15.8 Å². The van der Waals surface area contributed by atoms with E-state index in [1.165, 1.54) is 0 Å². The minimum atomic E-state index is -0.164. The van der Waals surface area contributed by atoms with E-state index in [0.29, 0.717) is 6.54 Å². The van der Waals surface area contributed by atoms with Crippen molar-refractivity contribution in [2.75, 3.05) is 13.7 Å². The second-order valence-corrected chi connectivity index (χ2v) is 4.14. The molecule has 4 nitrogen and oxygen atoms in total. The van der Waals surface area contributed by atoms with Crippen LogP contribution in [-0.4, -0.2) is 19.6 Å². The molecule has 1 amide bonds. The number of carbonyl (C=O) groups is 1. The van der Waals surface area contributed by atoms with E-state index in [9.17, 15) is 4.79 Å². The van der Waals surface area contributed by atoms with Crippen LogP contribution in [0.3, 0.4) is 0 Å². The first-order chi connectivity index (χ1) is 8.08. The van der Waals surface area contributed by atoms with E-state index >= 15 is 0 Å². The molecule has 17 heavy (non-hydrogen) atoms. The summed E-state index contributed by atoms with van der Waals surface area (Å²) in [6.45, 7) is 4.11. The molecular weight excluding hydrogens is 216 g/mol. The molecule has 0 aromatic heterocycles. The maximum absolute atomic E-state index is 11.7. The first kappa shape index (κ1) is 13.5. The van der Waals surface area contributed by atoms with Crippen LogP contribution >= 0.6 is 0 Å². The standard InChI is InChI=1S/C13H20N2O2/c1-9(8-14)13(16)15-10(2)11-5-4-6-12(7-11)17-3/h4-7,9-10H,8,14H2,1-3H3,(H,15,16)/t9?,10-/m0/s1. The molecule has 94 valence electrons. The van der Waals surface area contributed by atoms with Crippen LogP contribution in [0.1, 0.15) is 25.5 Å². The maximum Gasteiger partial charge on any atom is 0.224 e. The van der Waals surface area contributed by atoms with Crippen LogP contribution in [0.15, 0.2) is 24.3 Å². The fourth-order valence-electron chi connectivity index (χ4n) is 1.46. The molecule has 0 radical (unpaired) electrons. The van der Waals surface area contributed by atoms with Crippen LogP contribution in [0.25, 0.3) is 0 Å². The largest absolute Gasteiger partial charge is 0.497 e. The summed E-state index contributed by atoms with van der Waals surface area (Å²) in [5.74, 6) is 0.598. The van der Waals surface area contributed by atoms with Crippen molar-refractivity contribution >= 4 is 5.91 Å². The summed E-state index contributed by atoms with van der Waals surface area (Å²) in [7, 11) is 1.62. The zero-order valence-electron chi connectivity index (χ0n) is 10.6. The number of amides is 1. The van der Waals surface area contributed by atoms with E-state index in [1.54, 1.807) is 7.11 Å². The van der Waals surface area contributed by atoms with Gasteiger partial charge in [-0.15, -0.1) is 0 Å². The number of hydrogen-bond acceptors (Lipinski definition) is 3. The number of hydrogen-bond donors (Lipinski definition) is 2. The first-order valence-electron chi connectivity index (χ1n) is 5.73. The molecule has 3 N–H and O–H groups in total. The average molecular weight is 236 g/mol. The molecule has 0 saturated carbocycles. The van der Waals surface area contributed by atoms with Gasteiger partial charge in [0.2, 0.25) is 5.91 Å². The van der Waals surface area contributed by atoms with Crippen molar-refractivity contribution in [3.05, 3.63) is 29.8 Å². The molecule has 0 saturated heterocycles. The highest BCUT2D eigenvalue weighted by Gasteiger charge is 2.14. The Morgan fingerprint density at radius 1 is 1.47 bits per heavy atom. The lowest BCUT2D eigenvalue weighted by molar-refractivity contribution is -0.124. The summed E-state index contributed by atoms with van der Waals surface area (Å²) in [5, 5.41) is 2.92. The van der Waals surface area contributed by atoms with Crippen molar-refractivity contribution in [3.8, 4) is 5.75 Å². The molecule has 0 spiro atoms. The average Bonchev–Trinajstić information content (AvgIpc) is 2.37. The number of rotatable bonds is 5. The molecule has 0 heterocycles. The number of ether oxygens (including phenoxy) is 1. The molecule has 0 aliphatic carbocycles. The Labute approximate surface area is 102 Å². The van der Waals surface area contributed by atoms with Gasteiger partial charge in [0.15, 0.2) is 0 Å². The van der Waals surface area contributed by atoms with Crippen LogP contribution in [0, 0.1) is 5.92 Å². The van der Waals surface area contributed by atoms with Gasteiger partial charge in [-0.2, -0.15) is 0 Å². The van der Waals surface area contributed by atoms with E-state index in [4.69, 9.17) is 10.5 Å². The lowest BCUT2D eigenvalue weighted by Gasteiger charge is -2.17. The van der Waals surface area contributed by atoms with Crippen LogP contribution < -0.4 is 15.8 Å². The van der Waals surface area contributed by atoms with Gasteiger partial charge >= 0.3 is 0 Å². The summed E-state index contributed by atoms with van der Waals surface area (Å²) in [6.07, 6.45) is 0. The Hall–Kier alpha value is -1.55. The van der Waals surface area contributed by atoms with Crippen molar-refractivity contribution in [1.29, 1.82) is 0 Å². The Balaban J connectivity index is 2.69. The number of nitrogens with two attached hydrogens (primary N) is 1. The fraction of sp³-hybridized carbons (Fsp3) is 0.462. The molecular formula is C13H20N2O2. The minimum absolute atomic E-state index is 0.0252. The van der Waals surface area contributed by atoms with E-state index in [2.05, 4.69) is 5.32 Å². The molecule has 1 aromatic rings. The molecule has 0 aliphatic heterocycles. The van der Waals surface area contributed by atoms with Crippen molar-refractivity contribution < 1.29 is 9.53 Å². The van der Waals surface area contributed by atoms with Gasteiger partial charge in [0.25, 0.3) is 0 Å². The zero-order valence-corrected chi connectivity index (χ0v) is 10.6. The SMILES string of the molecule is COc1cccc([C@H](C)NC(=O)C(C)CN)c1. The zero-order chi connectivity index (χ0) is 12.8. The molecule has 0 bridgehead atoms. The van der Waals surface area contributed by atoms with Crippen LogP contribution in [0.2, 0.25) is 0 Å². The Morgan fingerprint density at radius 2 is 2.18 bits per heavy atom. The monoisotopic (exact) mass is 236 g/mol. The van der Waals surface area contributed by atoms with Gasteiger partial charge in [-0.25, -0.2) is 0 Å². The maximum atomic E-state index is 11.7. The summed E-state index contributed by atoms with van der Waals surface area (Å²) in [6, 6.07) is 7.61. The second-order valence-electron chi connectivity index (χ2n) is 4.14. The summed E-state index contributed by atoms with van der Waals surface area (Å²) < 4.78 is 5.15. The predicted octanol–water partition coefficient (Wildman–Crippen LogP) is 1.47. The van der Waals surface area contributed by atoms with Crippen LogP contribution in [-0.2, 0) is 4.79 Å². The molecule has 1 aromatic carbocycles. The first-order valence-corrected chi connectivity index (χ1v) is 5.73. The third kappa shape index (κ3) is 3.75. The summed E-state index contributed by atoms with van der Waals surface area (Å²) in [5.41, 5.74) is 6.47. The molecule has 2 atom stereocenters. The number of benzene rings is 1. The fourth-order valence-corrected chi connectivity index (χ4v) is 1.46. The van der Waals surface area contributed by atoms with E-state index in [-0.39, 0.29) is 17.9 Å². The predicted molar refractivity (Wildman–Crippen MR) is 67.8 cm³/mol. The molecule has 1 unspecified atom stereocenters. The van der Waals surface area contributed by atoms with Crippen molar-refractivity contribution in [2.24, 2.45) is 11.7 Å². The Bertz CT molecular complexity index is 379. The minimum Gasteiger partial charge on any atom is -0.497 e. The second kappa shape index (κ2) is 6.25. The lowest BCUT2D eigenvalue weighted by atomic mass is 10.1. The number of nitrogens with one attached hydrogen (secondary N) is 1. The normalized spacial score (nSPS) is 13.9. The van der Waals surface area contributed by atoms with Gasteiger partial charge in [-0.1, -0.05) is 19.1 Å². The number of methoxy groups -OCH3 is 1. The summed E-state index contributed by atoms with van der Waals surface area (Å²) in [4.78, 5) is 11.7. The molecule has 4 heteroatoms. The Kier molecular flexibility index (Phi) is 4.97. The van der Waals surface area contributed by atoms with Crippen molar-refractivity contribution in [2.45, 2.75) is 19.9 Å². The van der Waals surface area contributed by atoms with Gasteiger partial charge in [-0.3, -0.25) is 4.79 Å². The quantitative estimate of drug-likeness (QED) is 0.813. The third-order valence-corrected chi connectivity index (χ3v) is 2.75. The lowest BCUT2D eigenvalue weighted by Crippen LogP contribution is -2.34. The topological polar surface area (TPSA) is 64.3 Å². The highest BCUT2D eigenvalue weighted by Crippen LogP contribution is 2.18. The van der Waals surface area contributed by atoms with Gasteiger partial charge in [0, 0.05) is 12.5 Å². The van der Waals surface area contributed by atoms with Crippen LogP contribution in [0.4, 0.5) is 0 Å². The van der Waals surface area contributed by atoms with Crippen LogP contribution in [0.5, 0.6) is 5.75 Å². The van der Waals surface area contributed by atoms with E-state index in [1.807, 2.05) is 38.1 Å². The van der Waals surface area contributed by atoms with Crippen molar-refractivity contribution in [3.63, 3.8) is 0 Å². The van der Waals surface area contributed by atoms with E-state index in [0.717, 1.165) is 11.3 Å². The third-order valence-electron chi connectivity index (χ3n) is 2.75. The molecule has 0 aliphatic rings. The molecule has 0 fully saturated rings. The van der Waals surface area contributed by atoms with Gasteiger partial charge in [0.05, 0.1) is 13.2 Å². The highest BCUT2D eigenvalue weighted by molar-refractivity contribution is 5.78. The smallest absolute Gasteiger partial charge is 0.224 e. The Morgan fingerprint density at radius 3 is 2.76 bits per heavy atom. The van der Waals surface area contributed by atoms with Gasteiger partial charge in [0.1, 0.15) is 5.75 Å². The highest BCUT2D eigenvalue weighted by atomic mass is 16.5. The van der Waals surface area contributed by atoms with Gasteiger partial charge in [-0.05, 0) is 24.6 Å². The summed E-state index contributed by atoms with van der Waals surface area (Å²) >= 11 is 0. The van der Waals surface area contributed by atoms with Crippen molar-refractivity contribution in [1.82, 2.24) is 5.32 Å².